The van der Waals surface area contributed by atoms with Gasteiger partial charge in [-0.15, -0.1) is 0 Å². The van der Waals surface area contributed by atoms with Gasteiger partial charge in [0.15, 0.2) is 6.10 Å². The highest BCUT2D eigenvalue weighted by Gasteiger charge is 2.26. The molecule has 0 unspecified atom stereocenters. The maximum atomic E-state index is 12.6. The van der Waals surface area contributed by atoms with Gasteiger partial charge in [0.05, 0.1) is 7.11 Å². The second-order valence-corrected chi connectivity index (χ2v) is 6.47. The minimum Gasteiger partial charge on any atom is -0.497 e. The standard InChI is InChI=1S/C22H23NO4/c1-16(22(25)23-13-12-18-7-3-4-8-19(18)15-23)27-21(24)11-10-17-6-5-9-20(14-17)26-2/h3-11,14,16H,12-13,15H2,1-2H3/b11-10+/t16-/m1/s1. The van der Waals surface area contributed by atoms with Gasteiger partial charge < -0.3 is 14.4 Å². The minimum absolute atomic E-state index is 0.173. The predicted molar refractivity (Wildman–Crippen MR) is 103 cm³/mol. The number of hydrogen-bond acceptors (Lipinski definition) is 4. The summed E-state index contributed by atoms with van der Waals surface area (Å²) in [5.41, 5.74) is 3.24. The van der Waals surface area contributed by atoms with Crippen LogP contribution in [0.15, 0.2) is 54.6 Å². The van der Waals surface area contributed by atoms with E-state index in [4.69, 9.17) is 9.47 Å². The van der Waals surface area contributed by atoms with E-state index in [0.717, 1.165) is 17.5 Å². The summed E-state index contributed by atoms with van der Waals surface area (Å²) in [6, 6.07) is 15.4. The van der Waals surface area contributed by atoms with Gasteiger partial charge in [0.2, 0.25) is 0 Å². The molecule has 0 saturated heterocycles. The maximum Gasteiger partial charge on any atom is 0.331 e. The molecule has 2 aromatic carbocycles. The summed E-state index contributed by atoms with van der Waals surface area (Å²) in [7, 11) is 1.59. The molecule has 0 aliphatic carbocycles. The third-order valence-corrected chi connectivity index (χ3v) is 4.59. The van der Waals surface area contributed by atoms with Crippen LogP contribution in [0.4, 0.5) is 0 Å². The van der Waals surface area contributed by atoms with E-state index in [2.05, 4.69) is 6.07 Å². The van der Waals surface area contributed by atoms with Crippen molar-refractivity contribution in [2.45, 2.75) is 26.0 Å². The van der Waals surface area contributed by atoms with Gasteiger partial charge in [-0.2, -0.15) is 0 Å². The zero-order chi connectivity index (χ0) is 19.2. The monoisotopic (exact) mass is 365 g/mol. The van der Waals surface area contributed by atoms with E-state index in [0.29, 0.717) is 18.8 Å². The van der Waals surface area contributed by atoms with Crippen LogP contribution >= 0.6 is 0 Å². The van der Waals surface area contributed by atoms with Gasteiger partial charge in [-0.25, -0.2) is 4.79 Å². The normalized spacial score (nSPS) is 14.5. The van der Waals surface area contributed by atoms with Gasteiger partial charge in [-0.3, -0.25) is 4.79 Å². The van der Waals surface area contributed by atoms with E-state index < -0.39 is 12.1 Å². The second kappa shape index (κ2) is 8.54. The third kappa shape index (κ3) is 4.76. The van der Waals surface area contributed by atoms with Crippen LogP contribution in [0.5, 0.6) is 5.75 Å². The number of nitrogens with zero attached hydrogens (tertiary/aromatic N) is 1. The van der Waals surface area contributed by atoms with Gasteiger partial charge in [-0.05, 0) is 48.2 Å². The molecule has 1 aliphatic rings. The van der Waals surface area contributed by atoms with Crippen molar-refractivity contribution >= 4 is 18.0 Å². The summed E-state index contributed by atoms with van der Waals surface area (Å²) in [5.74, 6) is -0.0110. The molecule has 0 radical (unpaired) electrons. The molecule has 0 spiro atoms. The van der Waals surface area contributed by atoms with Gasteiger partial charge in [-0.1, -0.05) is 36.4 Å². The van der Waals surface area contributed by atoms with Crippen molar-refractivity contribution in [1.82, 2.24) is 4.90 Å². The zero-order valence-electron chi connectivity index (χ0n) is 15.6. The number of carbonyl (C=O) groups is 2. The average Bonchev–Trinajstić information content (AvgIpc) is 2.71. The van der Waals surface area contributed by atoms with Crippen molar-refractivity contribution in [3.05, 3.63) is 71.3 Å². The summed E-state index contributed by atoms with van der Waals surface area (Å²) >= 11 is 0. The van der Waals surface area contributed by atoms with Gasteiger partial charge >= 0.3 is 5.97 Å². The van der Waals surface area contributed by atoms with Crippen LogP contribution in [-0.4, -0.2) is 36.5 Å². The van der Waals surface area contributed by atoms with Crippen molar-refractivity contribution in [2.75, 3.05) is 13.7 Å². The van der Waals surface area contributed by atoms with E-state index in [1.807, 2.05) is 42.5 Å². The molecule has 0 aromatic heterocycles. The maximum absolute atomic E-state index is 12.6. The van der Waals surface area contributed by atoms with Crippen LogP contribution in [0.25, 0.3) is 6.08 Å². The number of benzene rings is 2. The molecule has 1 aliphatic heterocycles. The molecule has 0 bridgehead atoms. The molecule has 0 fully saturated rings. The number of esters is 1. The lowest BCUT2D eigenvalue weighted by atomic mass is 9.99. The Labute approximate surface area is 159 Å². The largest absolute Gasteiger partial charge is 0.497 e. The Bertz CT molecular complexity index is 859. The smallest absolute Gasteiger partial charge is 0.331 e. The first-order valence-corrected chi connectivity index (χ1v) is 8.95. The first-order valence-electron chi connectivity index (χ1n) is 8.95. The highest BCUT2D eigenvalue weighted by atomic mass is 16.5. The molecule has 27 heavy (non-hydrogen) atoms. The van der Waals surface area contributed by atoms with Crippen LogP contribution in [0.3, 0.4) is 0 Å². The van der Waals surface area contributed by atoms with Gasteiger partial charge in [0.25, 0.3) is 5.91 Å². The Morgan fingerprint density at radius 3 is 2.67 bits per heavy atom. The van der Waals surface area contributed by atoms with Crippen molar-refractivity contribution in [3.8, 4) is 5.75 Å². The summed E-state index contributed by atoms with van der Waals surface area (Å²) in [6.45, 7) is 2.80. The van der Waals surface area contributed by atoms with Crippen molar-refractivity contribution < 1.29 is 19.1 Å². The van der Waals surface area contributed by atoms with E-state index >= 15 is 0 Å². The SMILES string of the molecule is COc1cccc(/C=C/C(=O)O[C@H](C)C(=O)N2CCc3ccccc3C2)c1. The Kier molecular flexibility index (Phi) is 5.91. The predicted octanol–water partition coefficient (Wildman–Crippen LogP) is 3.23. The highest BCUT2D eigenvalue weighted by Crippen LogP contribution is 2.19. The Hall–Kier alpha value is -3.08. The Morgan fingerprint density at radius 2 is 1.89 bits per heavy atom. The fraction of sp³-hybridized carbons (Fsp3) is 0.273. The van der Waals surface area contributed by atoms with Gasteiger partial charge in [0, 0.05) is 19.2 Å². The summed E-state index contributed by atoms with van der Waals surface area (Å²) in [6.07, 6.45) is 2.96. The van der Waals surface area contributed by atoms with E-state index in [1.165, 1.54) is 11.6 Å². The summed E-state index contributed by atoms with van der Waals surface area (Å²) in [5, 5.41) is 0. The van der Waals surface area contributed by atoms with Crippen molar-refractivity contribution in [1.29, 1.82) is 0 Å². The second-order valence-electron chi connectivity index (χ2n) is 6.47. The molecule has 140 valence electrons. The first-order chi connectivity index (χ1) is 13.1. The fourth-order valence-corrected chi connectivity index (χ4v) is 3.11. The molecule has 2 aromatic rings. The molecular formula is C22H23NO4. The van der Waals surface area contributed by atoms with Crippen LogP contribution in [0.1, 0.15) is 23.6 Å². The number of fused-ring (bicyclic) bond motifs is 1. The lowest BCUT2D eigenvalue weighted by Gasteiger charge is -2.30. The van der Waals surface area contributed by atoms with Crippen LogP contribution in [0.2, 0.25) is 0 Å². The topological polar surface area (TPSA) is 55.8 Å². The molecule has 3 rings (SSSR count). The van der Waals surface area contributed by atoms with E-state index in [-0.39, 0.29) is 5.91 Å². The van der Waals surface area contributed by atoms with E-state index in [9.17, 15) is 9.59 Å². The van der Waals surface area contributed by atoms with Crippen LogP contribution < -0.4 is 4.74 Å². The lowest BCUT2D eigenvalue weighted by Crippen LogP contribution is -2.42. The van der Waals surface area contributed by atoms with E-state index in [1.54, 1.807) is 25.0 Å². The molecule has 0 saturated carbocycles. The number of methoxy groups -OCH3 is 1. The van der Waals surface area contributed by atoms with Crippen LogP contribution in [0, 0.1) is 0 Å². The average molecular weight is 365 g/mol. The first kappa shape index (κ1) is 18.7. The third-order valence-electron chi connectivity index (χ3n) is 4.59. The highest BCUT2D eigenvalue weighted by molar-refractivity contribution is 5.90. The number of rotatable bonds is 5. The Morgan fingerprint density at radius 1 is 1.11 bits per heavy atom. The quantitative estimate of drug-likeness (QED) is 0.603. The summed E-state index contributed by atoms with van der Waals surface area (Å²) in [4.78, 5) is 26.4. The summed E-state index contributed by atoms with van der Waals surface area (Å²) < 4.78 is 10.4. The molecular weight excluding hydrogens is 342 g/mol. The van der Waals surface area contributed by atoms with Crippen molar-refractivity contribution in [3.63, 3.8) is 0 Å². The number of carbonyl (C=O) groups excluding carboxylic acids is 2. The molecule has 1 amide bonds. The number of amides is 1. The molecule has 1 heterocycles. The van der Waals surface area contributed by atoms with Crippen molar-refractivity contribution in [2.24, 2.45) is 0 Å². The number of hydrogen-bond donors (Lipinski definition) is 0. The molecule has 5 heteroatoms. The molecule has 1 atom stereocenters. The lowest BCUT2D eigenvalue weighted by molar-refractivity contribution is -0.155. The Balaban J connectivity index is 1.56. The molecule has 0 N–H and O–H groups in total. The fourth-order valence-electron chi connectivity index (χ4n) is 3.11. The van der Waals surface area contributed by atoms with Gasteiger partial charge in [0.1, 0.15) is 5.75 Å². The number of ether oxygens (including phenoxy) is 2. The molecule has 5 nitrogen and oxygen atoms in total. The van der Waals surface area contributed by atoms with Crippen LogP contribution in [-0.2, 0) is 27.3 Å². The minimum atomic E-state index is -0.822. The zero-order valence-corrected chi connectivity index (χ0v) is 15.6.